The number of hydrogen-bond acceptors (Lipinski definition) is 5. The van der Waals surface area contributed by atoms with Gasteiger partial charge in [0.15, 0.2) is 0 Å². The molecule has 0 amide bonds. The maximum Gasteiger partial charge on any atom is 0.138 e. The Labute approximate surface area is 246 Å². The van der Waals surface area contributed by atoms with Crippen LogP contribution in [0.4, 0.5) is 4.39 Å². The van der Waals surface area contributed by atoms with Crippen molar-refractivity contribution in [3.63, 3.8) is 0 Å². The molecule has 0 unspecified atom stereocenters. The topological polar surface area (TPSA) is 94.3 Å². The van der Waals surface area contributed by atoms with Crippen molar-refractivity contribution in [3.8, 4) is 22.5 Å². The molecular weight excluding hydrogens is 545 g/mol. The van der Waals surface area contributed by atoms with Crippen LogP contribution < -0.4 is 10.0 Å². The third kappa shape index (κ3) is 6.37. The highest BCUT2D eigenvalue weighted by atomic mass is 32.2. The van der Waals surface area contributed by atoms with Crippen LogP contribution in [0.25, 0.3) is 50.2 Å². The van der Waals surface area contributed by atoms with Crippen LogP contribution >= 0.6 is 9.39 Å². The van der Waals surface area contributed by atoms with Gasteiger partial charge in [0, 0.05) is 29.9 Å². The molecule has 0 saturated carbocycles. The number of allylic oxidation sites excluding steroid dienone is 4. The maximum absolute atomic E-state index is 14.7. The molecule has 7 nitrogen and oxygen atoms in total. The zero-order valence-electron chi connectivity index (χ0n) is 24.4. The van der Waals surface area contributed by atoms with Gasteiger partial charge in [-0.25, -0.2) is 14.4 Å². The molecule has 0 aliphatic rings. The molecule has 0 spiro atoms. The quantitative estimate of drug-likeness (QED) is 0.104. The molecule has 0 aliphatic carbocycles. The van der Waals surface area contributed by atoms with Crippen LogP contribution in [-0.2, 0) is 6.54 Å². The number of nitrogens with one attached hydrogen (secondary N) is 4. The van der Waals surface area contributed by atoms with Gasteiger partial charge < -0.3 is 10.3 Å². The Morgan fingerprint density at radius 3 is 2.67 bits per heavy atom. The smallest absolute Gasteiger partial charge is 0.138 e. The van der Waals surface area contributed by atoms with E-state index in [0.29, 0.717) is 17.9 Å². The highest BCUT2D eigenvalue weighted by Crippen LogP contribution is 2.34. The predicted octanol–water partition coefficient (Wildman–Crippen LogP) is 7.08. The summed E-state index contributed by atoms with van der Waals surface area (Å²) in [6.45, 7) is 10.6. The molecule has 0 saturated heterocycles. The third-order valence-corrected chi connectivity index (χ3v) is 7.52. The summed E-state index contributed by atoms with van der Waals surface area (Å²) in [5.74, 6) is 7.80. The van der Waals surface area contributed by atoms with Gasteiger partial charge in [-0.3, -0.25) is 9.82 Å². The van der Waals surface area contributed by atoms with Gasteiger partial charge in [-0.2, -0.15) is 14.5 Å². The fraction of sp³-hybridized carbons (Fsp3) is 0.182. The Balaban J connectivity index is 1.56. The van der Waals surface area contributed by atoms with Gasteiger partial charge in [0.2, 0.25) is 0 Å². The minimum atomic E-state index is -1.43. The highest BCUT2D eigenvalue weighted by molar-refractivity contribution is 8.25. The Morgan fingerprint density at radius 1 is 1.14 bits per heavy atom. The van der Waals surface area contributed by atoms with E-state index >= 15 is 0 Å². The third-order valence-electron chi connectivity index (χ3n) is 6.68. The van der Waals surface area contributed by atoms with E-state index in [1.54, 1.807) is 18.3 Å². The average molecular weight is 582 g/mol. The van der Waals surface area contributed by atoms with Gasteiger partial charge >= 0.3 is 0 Å². The van der Waals surface area contributed by atoms with Crippen molar-refractivity contribution >= 4 is 48.8 Å². The summed E-state index contributed by atoms with van der Waals surface area (Å²) in [5.41, 5.74) is 8.82. The summed E-state index contributed by atoms with van der Waals surface area (Å²) < 4.78 is 18.0. The van der Waals surface area contributed by atoms with Gasteiger partial charge in [-0.05, 0) is 104 Å². The van der Waals surface area contributed by atoms with Crippen molar-refractivity contribution in [3.05, 3.63) is 96.2 Å². The first kappa shape index (κ1) is 29.0. The number of benzene rings is 1. The lowest BCUT2D eigenvalue weighted by Crippen LogP contribution is -2.20. The number of H-pyrrole nitrogens is 2. The second kappa shape index (κ2) is 11.8. The molecule has 4 N–H and O–H groups in total. The largest absolute Gasteiger partial charge is 0.383 e. The molecule has 216 valence electrons. The summed E-state index contributed by atoms with van der Waals surface area (Å²) in [6, 6.07) is 13.2. The summed E-state index contributed by atoms with van der Waals surface area (Å²) in [5, 5.41) is 12.0. The molecule has 5 rings (SSSR count). The first-order chi connectivity index (χ1) is 20.0. The molecule has 0 bridgehead atoms. The number of pyridine rings is 2. The Morgan fingerprint density at radius 2 is 1.95 bits per heavy atom. The lowest BCUT2D eigenvalue weighted by Gasteiger charge is -2.12. The Hall–Kier alpha value is -4.47. The zero-order chi connectivity index (χ0) is 30.0. The van der Waals surface area contributed by atoms with E-state index in [9.17, 15) is 4.39 Å². The second-order valence-corrected chi connectivity index (χ2v) is 13.6. The number of hydrogen-bond donors (Lipinski definition) is 4. The Kier molecular flexibility index (Phi) is 8.15. The lowest BCUT2D eigenvalue weighted by atomic mass is 10.0. The van der Waals surface area contributed by atoms with Gasteiger partial charge in [0.05, 0.1) is 16.9 Å². The van der Waals surface area contributed by atoms with Crippen LogP contribution in [0.5, 0.6) is 0 Å². The van der Waals surface area contributed by atoms with Crippen LogP contribution in [0.1, 0.15) is 32.0 Å². The molecule has 0 aliphatic heterocycles. The molecule has 1 aromatic carbocycles. The average Bonchev–Trinajstić information content (AvgIpc) is 3.57. The monoisotopic (exact) mass is 581 g/mol. The summed E-state index contributed by atoms with van der Waals surface area (Å²) >= 11 is 0. The summed E-state index contributed by atoms with van der Waals surface area (Å²) in [4.78, 5) is 12.9. The molecule has 42 heavy (non-hydrogen) atoms. The SMILES string of the molecule is C=C/C(=C\C(=C/C)c1ccc2[nH]nc(-c3cc4c(-c5cc(F)cc(CNS(=C)(=C)C)c5)ccnc4[nH]3)c2n1)NC(C)C. The maximum atomic E-state index is 14.7. The summed E-state index contributed by atoms with van der Waals surface area (Å²) in [7, 11) is -1.43. The molecule has 0 atom stereocenters. The standard InChI is InChI=1S/C33H36FN7S/c1-8-22(17-25(9-2)37-20(3)4)28-10-11-29-31(38-28)32(41-40-29)30-18-27-26(12-13-35-33(27)39-30)23-14-21(15-24(34)16-23)19-36-42(5,6)7/h8-18,20,36-37H,2,5-6,19H2,1,3-4,7H3,(H,35,39)(H,40,41)/b22-8+,25-17+. The van der Waals surface area contributed by atoms with Crippen molar-refractivity contribution in [1.82, 2.24) is 35.2 Å². The van der Waals surface area contributed by atoms with Crippen LogP contribution in [0.15, 0.2) is 79.2 Å². The molecule has 5 aromatic rings. The van der Waals surface area contributed by atoms with Crippen molar-refractivity contribution in [2.75, 3.05) is 6.26 Å². The number of aromatic nitrogens is 5. The number of halogens is 1. The molecule has 9 heteroatoms. The van der Waals surface area contributed by atoms with Crippen molar-refractivity contribution in [2.45, 2.75) is 33.4 Å². The fourth-order valence-corrected chi connectivity index (χ4v) is 5.30. The first-order valence-corrected chi connectivity index (χ1v) is 16.0. The lowest BCUT2D eigenvalue weighted by molar-refractivity contribution is 0.625. The predicted molar refractivity (Wildman–Crippen MR) is 179 cm³/mol. The molecule has 0 radical (unpaired) electrons. The number of nitrogens with zero attached hydrogens (tertiary/aromatic N) is 3. The van der Waals surface area contributed by atoms with Gasteiger partial charge in [-0.1, -0.05) is 24.4 Å². The van der Waals surface area contributed by atoms with Crippen LogP contribution in [-0.4, -0.2) is 49.2 Å². The number of fused-ring (bicyclic) bond motifs is 2. The van der Waals surface area contributed by atoms with E-state index in [2.05, 4.69) is 62.4 Å². The van der Waals surface area contributed by atoms with E-state index in [1.807, 2.05) is 55.7 Å². The van der Waals surface area contributed by atoms with Crippen LogP contribution in [0.3, 0.4) is 0 Å². The van der Waals surface area contributed by atoms with E-state index in [1.165, 1.54) is 6.07 Å². The van der Waals surface area contributed by atoms with Gasteiger partial charge in [0.1, 0.15) is 22.7 Å². The normalized spacial score (nSPS) is 12.9. The number of rotatable bonds is 10. The van der Waals surface area contributed by atoms with Crippen molar-refractivity contribution < 1.29 is 4.39 Å². The number of aromatic amines is 2. The van der Waals surface area contributed by atoms with Gasteiger partial charge in [0.25, 0.3) is 0 Å². The van der Waals surface area contributed by atoms with E-state index in [0.717, 1.165) is 55.8 Å². The van der Waals surface area contributed by atoms with Crippen LogP contribution in [0.2, 0.25) is 0 Å². The summed E-state index contributed by atoms with van der Waals surface area (Å²) in [6.07, 6.45) is 9.55. The van der Waals surface area contributed by atoms with E-state index in [4.69, 9.17) is 4.98 Å². The van der Waals surface area contributed by atoms with Gasteiger partial charge in [-0.15, -0.1) is 0 Å². The van der Waals surface area contributed by atoms with Crippen molar-refractivity contribution in [1.29, 1.82) is 0 Å². The Bertz CT molecular complexity index is 1960. The van der Waals surface area contributed by atoms with Crippen LogP contribution in [0, 0.1) is 5.82 Å². The van der Waals surface area contributed by atoms with E-state index in [-0.39, 0.29) is 11.9 Å². The second-order valence-electron chi connectivity index (χ2n) is 10.8. The highest BCUT2D eigenvalue weighted by Gasteiger charge is 2.17. The molecule has 0 fully saturated rings. The molecule has 4 aromatic heterocycles. The molecular formula is C33H36FN7S. The molecule has 4 heterocycles. The minimum absolute atomic E-state index is 0.276. The zero-order valence-corrected chi connectivity index (χ0v) is 25.2. The fourth-order valence-electron chi connectivity index (χ4n) is 4.78. The minimum Gasteiger partial charge on any atom is -0.383 e. The van der Waals surface area contributed by atoms with E-state index < -0.39 is 9.39 Å². The van der Waals surface area contributed by atoms with Crippen molar-refractivity contribution in [2.24, 2.45) is 0 Å². The first-order valence-electron chi connectivity index (χ1n) is 13.6.